The molecular formula is C46H49F2N7O6S. The van der Waals surface area contributed by atoms with Crippen molar-refractivity contribution >= 4 is 43.9 Å². The number of H-pyrrole nitrogens is 1. The number of alkyl halides is 2. The Hall–Kier alpha value is -5.71. The van der Waals surface area contributed by atoms with Crippen molar-refractivity contribution in [1.29, 1.82) is 0 Å². The minimum atomic E-state index is -4.63. The highest BCUT2D eigenvalue weighted by Gasteiger charge is 2.37. The Morgan fingerprint density at radius 1 is 0.984 bits per heavy atom. The van der Waals surface area contributed by atoms with Crippen LogP contribution in [0, 0.1) is 10.1 Å². The third-order valence-electron chi connectivity index (χ3n) is 12.9. The van der Waals surface area contributed by atoms with Gasteiger partial charge in [0.2, 0.25) is 0 Å². The molecule has 13 nitrogen and oxygen atoms in total. The highest BCUT2D eigenvalue weighted by atomic mass is 32.2. The van der Waals surface area contributed by atoms with Gasteiger partial charge >= 0.3 is 0 Å². The lowest BCUT2D eigenvalue weighted by molar-refractivity contribution is -0.384. The monoisotopic (exact) mass is 865 g/mol. The van der Waals surface area contributed by atoms with Gasteiger partial charge in [-0.3, -0.25) is 24.7 Å². The summed E-state index contributed by atoms with van der Waals surface area (Å²) in [4.78, 5) is 36.7. The first-order valence-corrected chi connectivity index (χ1v) is 22.8. The molecule has 2 aliphatic carbocycles. The quantitative estimate of drug-likeness (QED) is 0.0685. The molecule has 0 spiro atoms. The number of hydrogen-bond acceptors (Lipinski definition) is 10. The topological polar surface area (TPSA) is 163 Å². The lowest BCUT2D eigenvalue weighted by Gasteiger charge is -2.36. The Kier molecular flexibility index (Phi) is 11.8. The third-order valence-corrected chi connectivity index (χ3v) is 14.2. The van der Waals surface area contributed by atoms with Crippen LogP contribution >= 0.6 is 0 Å². The first kappa shape index (κ1) is 41.6. The zero-order chi connectivity index (χ0) is 43.0. The van der Waals surface area contributed by atoms with E-state index >= 15 is 0 Å². The van der Waals surface area contributed by atoms with Crippen LogP contribution in [0.5, 0.6) is 11.5 Å². The maximum absolute atomic E-state index is 13.9. The molecule has 5 aromatic rings. The van der Waals surface area contributed by atoms with Crippen LogP contribution < -0.4 is 14.8 Å². The second-order valence-corrected chi connectivity index (χ2v) is 18.5. The second kappa shape index (κ2) is 17.6. The summed E-state index contributed by atoms with van der Waals surface area (Å²) in [6.45, 7) is 0.0280. The SMILES string of the molecule is O=C(NS(=O)(=O)c1ccc(N[C@@H]2CCN(C(CF)CF)C2)c([N+](=O)[O-])c1)c1ccc(C2=CCC(N3CCCC3c3ccccc3C3CC3)CC2)cc1Oc1cnc2[nH]ccc2c1. The second-order valence-electron chi connectivity index (χ2n) is 16.8. The molecule has 62 heavy (non-hydrogen) atoms. The van der Waals surface area contributed by atoms with Crippen LogP contribution in [0.25, 0.3) is 16.6 Å². The van der Waals surface area contributed by atoms with Crippen LogP contribution in [0.4, 0.5) is 20.2 Å². The standard InChI is InChI=1S/C46H49F2N7O6S/c47-25-35(26-48)53-21-18-33(28-53)51-41-16-14-37(24-43(41)55(57)58)62(59,60)52-46(56)40-15-11-31(23-44(40)61-36-22-32-17-19-49-45(32)50-27-36)29-9-12-34(13-10-29)54-20-3-6-42(54)39-5-2-1-4-38(39)30-7-8-30/h1-2,4-5,9,11,14-17,19,22-24,27,30,33-35,42,51H,3,6-8,10,12-13,18,20-21,25-26,28H2,(H,49,50)(H,52,56)/t33-,34?,42?/m1/s1. The van der Waals surface area contributed by atoms with E-state index in [-0.39, 0.29) is 29.6 Å². The number of benzene rings is 3. The fourth-order valence-electron chi connectivity index (χ4n) is 9.50. The average molecular weight is 866 g/mol. The van der Waals surface area contributed by atoms with Crippen molar-refractivity contribution in [3.05, 3.63) is 124 Å². The number of carbonyl (C=O) groups excluding carboxylic acids is 1. The summed E-state index contributed by atoms with van der Waals surface area (Å²) in [5.74, 6) is 0.154. The van der Waals surface area contributed by atoms with Crippen molar-refractivity contribution < 1.29 is 31.7 Å². The summed E-state index contributed by atoms with van der Waals surface area (Å²) < 4.78 is 62.4. The smallest absolute Gasteiger partial charge is 0.293 e. The molecule has 3 atom stereocenters. The number of pyridine rings is 1. The number of halogens is 2. The van der Waals surface area contributed by atoms with Crippen molar-refractivity contribution in [2.24, 2.45) is 0 Å². The fourth-order valence-corrected chi connectivity index (χ4v) is 10.5. The van der Waals surface area contributed by atoms with Crippen LogP contribution in [-0.4, -0.2) is 90.1 Å². The normalized spacial score (nSPS) is 21.0. The van der Waals surface area contributed by atoms with E-state index in [0.29, 0.717) is 42.4 Å². The average Bonchev–Trinajstić information content (AvgIpc) is 3.58. The van der Waals surface area contributed by atoms with Gasteiger partial charge in [0.15, 0.2) is 0 Å². The van der Waals surface area contributed by atoms with Gasteiger partial charge in [0.05, 0.1) is 27.6 Å². The molecule has 1 saturated carbocycles. The summed E-state index contributed by atoms with van der Waals surface area (Å²) in [5, 5.41) is 16.0. The Morgan fingerprint density at radius 3 is 2.56 bits per heavy atom. The molecular weight excluding hydrogens is 817 g/mol. The molecule has 3 aromatic carbocycles. The molecule has 2 aromatic heterocycles. The Morgan fingerprint density at radius 2 is 1.81 bits per heavy atom. The molecule has 0 radical (unpaired) electrons. The molecule has 16 heteroatoms. The molecule has 2 saturated heterocycles. The van der Waals surface area contributed by atoms with Gasteiger partial charge in [0.25, 0.3) is 21.6 Å². The Bertz CT molecular complexity index is 2630. The first-order chi connectivity index (χ1) is 30.1. The number of allylic oxidation sites excluding steroid dienone is 1. The Balaban J connectivity index is 0.946. The summed E-state index contributed by atoms with van der Waals surface area (Å²) in [6, 6.07) is 20.5. The largest absolute Gasteiger partial charge is 0.455 e. The molecule has 3 N–H and O–H groups in total. The van der Waals surface area contributed by atoms with Crippen LogP contribution in [0.15, 0.2) is 96.2 Å². The predicted molar refractivity (Wildman–Crippen MR) is 232 cm³/mol. The van der Waals surface area contributed by atoms with Crippen molar-refractivity contribution in [3.63, 3.8) is 0 Å². The molecule has 2 aliphatic heterocycles. The van der Waals surface area contributed by atoms with Gasteiger partial charge < -0.3 is 15.0 Å². The number of likely N-dealkylation sites (tertiary alicyclic amines) is 2. The van der Waals surface area contributed by atoms with Gasteiger partial charge in [-0.25, -0.2) is 26.9 Å². The van der Waals surface area contributed by atoms with E-state index in [9.17, 15) is 32.1 Å². The van der Waals surface area contributed by atoms with E-state index < -0.39 is 50.8 Å². The first-order valence-electron chi connectivity index (χ1n) is 21.4. The van der Waals surface area contributed by atoms with Gasteiger partial charge in [-0.15, -0.1) is 0 Å². The van der Waals surface area contributed by atoms with Gasteiger partial charge in [0, 0.05) is 48.9 Å². The summed E-state index contributed by atoms with van der Waals surface area (Å²) in [7, 11) is -4.63. The zero-order valence-corrected chi connectivity index (χ0v) is 35.0. The van der Waals surface area contributed by atoms with E-state index in [4.69, 9.17) is 4.74 Å². The van der Waals surface area contributed by atoms with Crippen molar-refractivity contribution in [3.8, 4) is 11.5 Å². The number of sulfonamides is 1. The van der Waals surface area contributed by atoms with E-state index in [1.807, 2.05) is 6.07 Å². The minimum Gasteiger partial charge on any atom is -0.455 e. The van der Waals surface area contributed by atoms with Crippen LogP contribution in [0.2, 0.25) is 0 Å². The van der Waals surface area contributed by atoms with Crippen molar-refractivity contribution in [2.45, 2.75) is 86.3 Å². The van der Waals surface area contributed by atoms with E-state index in [1.165, 1.54) is 54.8 Å². The number of fused-ring (bicyclic) bond motifs is 1. The summed E-state index contributed by atoms with van der Waals surface area (Å²) in [6.07, 6.45) is 13.5. The molecule has 0 bridgehead atoms. The number of rotatable bonds is 15. The lowest BCUT2D eigenvalue weighted by atomic mass is 9.88. The van der Waals surface area contributed by atoms with Crippen molar-refractivity contribution in [2.75, 3.05) is 38.3 Å². The number of ether oxygens (including phenoxy) is 1. The van der Waals surface area contributed by atoms with E-state index in [2.05, 4.69) is 55.2 Å². The molecule has 2 unspecified atom stereocenters. The van der Waals surface area contributed by atoms with Crippen LogP contribution in [0.3, 0.4) is 0 Å². The highest BCUT2D eigenvalue weighted by Crippen LogP contribution is 2.47. The third kappa shape index (κ3) is 8.68. The molecule has 324 valence electrons. The van der Waals surface area contributed by atoms with Gasteiger partial charge in [-0.1, -0.05) is 36.4 Å². The number of hydrogen-bond donors (Lipinski definition) is 3. The summed E-state index contributed by atoms with van der Waals surface area (Å²) >= 11 is 0. The lowest BCUT2D eigenvalue weighted by Crippen LogP contribution is -2.38. The minimum absolute atomic E-state index is 0.0472. The molecule has 3 fully saturated rings. The van der Waals surface area contributed by atoms with E-state index in [1.54, 1.807) is 29.3 Å². The summed E-state index contributed by atoms with van der Waals surface area (Å²) in [5.41, 5.74) is 5.05. The molecule has 4 aliphatic rings. The molecule has 4 heterocycles. The maximum Gasteiger partial charge on any atom is 0.293 e. The van der Waals surface area contributed by atoms with Crippen LogP contribution in [0.1, 0.15) is 90.4 Å². The number of nitro benzene ring substituents is 1. The number of amides is 1. The number of anilines is 1. The fraction of sp³-hybridized carbons (Fsp3) is 0.391. The highest BCUT2D eigenvalue weighted by molar-refractivity contribution is 7.90. The van der Waals surface area contributed by atoms with Crippen molar-refractivity contribution in [1.82, 2.24) is 24.5 Å². The number of nitrogens with one attached hydrogen (secondary N) is 3. The van der Waals surface area contributed by atoms with E-state index in [0.717, 1.165) is 54.8 Å². The van der Waals surface area contributed by atoms with Gasteiger partial charge in [-0.2, -0.15) is 0 Å². The predicted octanol–water partition coefficient (Wildman–Crippen LogP) is 8.83. The van der Waals surface area contributed by atoms with Crippen LogP contribution in [-0.2, 0) is 10.0 Å². The number of aromatic amines is 1. The number of nitro groups is 1. The number of nitrogens with zero attached hydrogens (tertiary/aromatic N) is 4. The molecule has 9 rings (SSSR count). The Labute approximate surface area is 358 Å². The maximum atomic E-state index is 13.9. The number of carbonyl (C=O) groups is 1. The van der Waals surface area contributed by atoms with Gasteiger partial charge in [-0.05, 0) is 122 Å². The zero-order valence-electron chi connectivity index (χ0n) is 34.1. The number of aromatic nitrogens is 2. The van der Waals surface area contributed by atoms with Gasteiger partial charge in [0.1, 0.15) is 36.2 Å². The molecule has 1 amide bonds.